The highest BCUT2D eigenvalue weighted by molar-refractivity contribution is 6.11. The zero-order valence-corrected chi connectivity index (χ0v) is 19.6. The number of nitrogens with zero attached hydrogens (tertiary/aromatic N) is 2. The maximum absolute atomic E-state index is 13.7. The number of hydrogen-bond acceptors (Lipinski definition) is 3. The Labute approximate surface area is 191 Å². The zero-order chi connectivity index (χ0) is 22.7. The smallest absolute Gasteiger partial charge is 0.244 e. The Morgan fingerprint density at radius 3 is 1.53 bits per heavy atom. The summed E-state index contributed by atoms with van der Waals surface area (Å²) in [6.45, 7) is 12.5. The van der Waals surface area contributed by atoms with E-state index >= 15 is 0 Å². The van der Waals surface area contributed by atoms with E-state index < -0.39 is 5.41 Å². The Balaban J connectivity index is 1.87. The summed E-state index contributed by atoms with van der Waals surface area (Å²) >= 11 is 0. The number of carbonyl (C=O) groups is 1. The lowest BCUT2D eigenvalue weighted by Gasteiger charge is -2.31. The molecule has 4 rings (SSSR count). The maximum atomic E-state index is 13.7. The number of benzene rings is 3. The third-order valence-electron chi connectivity index (χ3n) is 6.78. The number of rotatable bonds is 8. The number of nitrogens with one attached hydrogen (secondary N) is 1. The number of fused-ring (bicyclic) bond motifs is 1. The first-order valence-corrected chi connectivity index (χ1v) is 11.7. The van der Waals surface area contributed by atoms with Crippen LogP contribution < -0.4 is 15.1 Å². The molecule has 1 aliphatic heterocycles. The van der Waals surface area contributed by atoms with Crippen molar-refractivity contribution in [2.75, 3.05) is 41.3 Å². The molecule has 0 radical (unpaired) electrons. The van der Waals surface area contributed by atoms with Crippen LogP contribution >= 0.6 is 0 Å². The summed E-state index contributed by atoms with van der Waals surface area (Å²) in [5.74, 6) is 0.00452. The zero-order valence-electron chi connectivity index (χ0n) is 19.6. The van der Waals surface area contributed by atoms with Crippen LogP contribution in [0.5, 0.6) is 0 Å². The van der Waals surface area contributed by atoms with Gasteiger partial charge >= 0.3 is 0 Å². The molecule has 0 atom stereocenters. The molecule has 0 saturated carbocycles. The number of amides is 1. The van der Waals surface area contributed by atoms with Gasteiger partial charge in [-0.1, -0.05) is 42.5 Å². The van der Waals surface area contributed by atoms with Crippen LogP contribution in [-0.4, -0.2) is 32.1 Å². The lowest BCUT2D eigenvalue weighted by Crippen LogP contribution is -2.37. The topological polar surface area (TPSA) is 35.6 Å². The molecule has 0 bridgehead atoms. The van der Waals surface area contributed by atoms with Gasteiger partial charge in [-0.25, -0.2) is 0 Å². The van der Waals surface area contributed by atoms with Gasteiger partial charge in [0, 0.05) is 48.8 Å². The average Bonchev–Trinajstić information content (AvgIpc) is 3.14. The monoisotopic (exact) mass is 427 g/mol. The molecular weight excluding hydrogens is 394 g/mol. The maximum Gasteiger partial charge on any atom is 0.244 e. The van der Waals surface area contributed by atoms with Crippen LogP contribution in [0, 0.1) is 0 Å². The van der Waals surface area contributed by atoms with E-state index in [1.54, 1.807) is 0 Å². The van der Waals surface area contributed by atoms with Crippen LogP contribution in [0.4, 0.5) is 17.1 Å². The van der Waals surface area contributed by atoms with Crippen LogP contribution in [0.3, 0.4) is 0 Å². The first-order chi connectivity index (χ1) is 15.6. The lowest BCUT2D eigenvalue weighted by molar-refractivity contribution is -0.118. The molecule has 1 N–H and O–H groups in total. The third-order valence-corrected chi connectivity index (χ3v) is 6.78. The molecule has 1 heterocycles. The molecule has 4 nitrogen and oxygen atoms in total. The van der Waals surface area contributed by atoms with Gasteiger partial charge < -0.3 is 15.1 Å². The van der Waals surface area contributed by atoms with Gasteiger partial charge in [0.15, 0.2) is 0 Å². The molecule has 0 aromatic heterocycles. The molecule has 0 saturated heterocycles. The van der Waals surface area contributed by atoms with Gasteiger partial charge in [-0.3, -0.25) is 4.79 Å². The molecule has 0 aliphatic carbocycles. The fourth-order valence-corrected chi connectivity index (χ4v) is 5.02. The Morgan fingerprint density at radius 1 is 0.656 bits per heavy atom. The van der Waals surface area contributed by atoms with Crippen molar-refractivity contribution in [3.8, 4) is 0 Å². The summed E-state index contributed by atoms with van der Waals surface area (Å²) in [5.41, 5.74) is 5.38. The molecule has 32 heavy (non-hydrogen) atoms. The highest BCUT2D eigenvalue weighted by atomic mass is 16.2. The number of carbonyl (C=O) groups excluding carboxylic acids is 1. The summed E-state index contributed by atoms with van der Waals surface area (Å²) in [7, 11) is 0. The van der Waals surface area contributed by atoms with E-state index in [2.05, 4.69) is 97.4 Å². The van der Waals surface area contributed by atoms with Gasteiger partial charge in [0.05, 0.1) is 0 Å². The first-order valence-electron chi connectivity index (χ1n) is 11.7. The minimum Gasteiger partial charge on any atom is -0.372 e. The minimum absolute atomic E-state index is 0.00452. The second-order valence-corrected chi connectivity index (χ2v) is 8.19. The van der Waals surface area contributed by atoms with Crippen molar-refractivity contribution in [3.05, 3.63) is 89.5 Å². The van der Waals surface area contributed by atoms with E-state index in [0.717, 1.165) is 48.6 Å². The number of anilines is 3. The van der Waals surface area contributed by atoms with Crippen LogP contribution in [0.1, 0.15) is 44.4 Å². The molecule has 0 fully saturated rings. The largest absolute Gasteiger partial charge is 0.372 e. The van der Waals surface area contributed by atoms with Gasteiger partial charge in [0.25, 0.3) is 0 Å². The molecule has 1 amide bonds. The molecule has 3 aromatic carbocycles. The summed E-state index contributed by atoms with van der Waals surface area (Å²) in [6, 6.07) is 25.1. The second-order valence-electron chi connectivity index (χ2n) is 8.19. The molecule has 166 valence electrons. The van der Waals surface area contributed by atoms with Gasteiger partial charge in [-0.2, -0.15) is 0 Å². The van der Waals surface area contributed by atoms with Crippen molar-refractivity contribution in [2.45, 2.75) is 33.1 Å². The van der Waals surface area contributed by atoms with E-state index in [4.69, 9.17) is 0 Å². The van der Waals surface area contributed by atoms with Crippen molar-refractivity contribution in [3.63, 3.8) is 0 Å². The highest BCUT2D eigenvalue weighted by Gasteiger charge is 2.49. The van der Waals surface area contributed by atoms with Gasteiger partial charge in [0.2, 0.25) is 5.91 Å². The van der Waals surface area contributed by atoms with E-state index in [1.165, 1.54) is 11.4 Å². The molecule has 4 heteroatoms. The molecule has 1 aliphatic rings. The summed E-state index contributed by atoms with van der Waals surface area (Å²) in [5, 5.41) is 3.14. The van der Waals surface area contributed by atoms with Gasteiger partial charge in [-0.05, 0) is 69.2 Å². The Hall–Kier alpha value is -3.27. The van der Waals surface area contributed by atoms with Crippen molar-refractivity contribution < 1.29 is 4.79 Å². The minimum atomic E-state index is -0.861. The second kappa shape index (κ2) is 9.07. The summed E-state index contributed by atoms with van der Waals surface area (Å²) in [6.07, 6.45) is 0. The van der Waals surface area contributed by atoms with Crippen LogP contribution in [-0.2, 0) is 10.2 Å². The Morgan fingerprint density at radius 2 is 1.09 bits per heavy atom. The first kappa shape index (κ1) is 21.9. The standard InChI is InChI=1S/C28H33N3O/c1-5-30(6-2)23-17-13-21(14-18-23)28(25-11-9-10-12-26(25)29-27(28)32)22-15-19-24(20-16-22)31(7-3)8-4/h9-20H,5-8H2,1-4H3,(H,29,32). The predicted octanol–water partition coefficient (Wildman–Crippen LogP) is 5.67. The molecule has 0 unspecified atom stereocenters. The normalized spacial score (nSPS) is 14.1. The lowest BCUT2D eigenvalue weighted by atomic mass is 9.70. The van der Waals surface area contributed by atoms with Crippen LogP contribution in [0.15, 0.2) is 72.8 Å². The van der Waals surface area contributed by atoms with Crippen molar-refractivity contribution >= 4 is 23.0 Å². The highest BCUT2D eigenvalue weighted by Crippen LogP contribution is 2.48. The van der Waals surface area contributed by atoms with E-state index in [1.807, 2.05) is 18.2 Å². The van der Waals surface area contributed by atoms with Gasteiger partial charge in [-0.15, -0.1) is 0 Å². The van der Waals surface area contributed by atoms with Gasteiger partial charge in [0.1, 0.15) is 5.41 Å². The Kier molecular flexibility index (Phi) is 6.22. The SMILES string of the molecule is CCN(CC)c1ccc(C2(c3ccc(N(CC)CC)cc3)C(=O)Nc3ccccc32)cc1. The van der Waals surface area contributed by atoms with Crippen molar-refractivity contribution in [2.24, 2.45) is 0 Å². The van der Waals surface area contributed by atoms with Crippen LogP contribution in [0.25, 0.3) is 0 Å². The quantitative estimate of drug-likeness (QED) is 0.503. The number of para-hydroxylation sites is 1. The van der Waals surface area contributed by atoms with E-state index in [-0.39, 0.29) is 5.91 Å². The van der Waals surface area contributed by atoms with Crippen molar-refractivity contribution in [1.82, 2.24) is 0 Å². The predicted molar refractivity (Wildman–Crippen MR) is 135 cm³/mol. The third kappa shape index (κ3) is 3.44. The van der Waals surface area contributed by atoms with Crippen LogP contribution in [0.2, 0.25) is 0 Å². The summed E-state index contributed by atoms with van der Waals surface area (Å²) in [4.78, 5) is 18.3. The van der Waals surface area contributed by atoms with E-state index in [9.17, 15) is 4.79 Å². The molecule has 3 aromatic rings. The van der Waals surface area contributed by atoms with E-state index in [0.29, 0.717) is 0 Å². The van der Waals surface area contributed by atoms with Crippen molar-refractivity contribution in [1.29, 1.82) is 0 Å². The summed E-state index contributed by atoms with van der Waals surface area (Å²) < 4.78 is 0. The fourth-order valence-electron chi connectivity index (χ4n) is 5.02. The number of hydrogen-bond donors (Lipinski definition) is 1. The average molecular weight is 428 g/mol. The molecule has 0 spiro atoms. The fraction of sp³-hybridized carbons (Fsp3) is 0.321. The molecular formula is C28H33N3O. The Bertz CT molecular complexity index is 1010.